The lowest BCUT2D eigenvalue weighted by atomic mass is 9.90. The first-order valence-corrected chi connectivity index (χ1v) is 6.08. The number of halogens is 1. The molecule has 2 heteroatoms. The maximum Gasteiger partial charge on any atom is 0.128 e. The van der Waals surface area contributed by atoms with Crippen LogP contribution in [0, 0.1) is 26.6 Å². The first-order chi connectivity index (χ1) is 8.50. The Labute approximate surface area is 107 Å². The fourth-order valence-electron chi connectivity index (χ4n) is 2.56. The Bertz CT molecular complexity index is 552. The highest BCUT2D eigenvalue weighted by Crippen LogP contribution is 2.28. The average Bonchev–Trinajstić information content (AvgIpc) is 2.27. The number of aryl methyl sites for hydroxylation is 3. The zero-order valence-electron chi connectivity index (χ0n) is 11.0. The van der Waals surface area contributed by atoms with Crippen LogP contribution in [0.15, 0.2) is 36.4 Å². The summed E-state index contributed by atoms with van der Waals surface area (Å²) in [4.78, 5) is 0. The summed E-state index contributed by atoms with van der Waals surface area (Å²) < 4.78 is 13.8. The molecule has 94 valence electrons. The van der Waals surface area contributed by atoms with Crippen LogP contribution in [-0.4, -0.2) is 0 Å². The minimum Gasteiger partial charge on any atom is -0.320 e. The molecule has 0 saturated heterocycles. The van der Waals surface area contributed by atoms with E-state index < -0.39 is 6.04 Å². The highest BCUT2D eigenvalue weighted by Gasteiger charge is 2.17. The average molecular weight is 243 g/mol. The van der Waals surface area contributed by atoms with Gasteiger partial charge in [-0.1, -0.05) is 35.9 Å². The van der Waals surface area contributed by atoms with E-state index >= 15 is 0 Å². The Morgan fingerprint density at radius 3 is 2.11 bits per heavy atom. The van der Waals surface area contributed by atoms with Gasteiger partial charge in [-0.25, -0.2) is 4.39 Å². The van der Waals surface area contributed by atoms with Gasteiger partial charge in [0.05, 0.1) is 6.04 Å². The maximum atomic E-state index is 13.8. The largest absolute Gasteiger partial charge is 0.320 e. The van der Waals surface area contributed by atoms with Gasteiger partial charge in [0.1, 0.15) is 5.82 Å². The van der Waals surface area contributed by atoms with Crippen molar-refractivity contribution in [1.29, 1.82) is 0 Å². The molecule has 0 bridgehead atoms. The van der Waals surface area contributed by atoms with Crippen LogP contribution in [0.2, 0.25) is 0 Å². The first kappa shape index (κ1) is 12.8. The standard InChI is InChI=1S/C16H18FN/c1-10-8-11(2)15(12(3)9-10)16(18)13-6-4-5-7-14(13)17/h4-9,16H,18H2,1-3H3. The molecule has 1 unspecified atom stereocenters. The monoisotopic (exact) mass is 243 g/mol. The van der Waals surface area contributed by atoms with Crippen LogP contribution in [0.3, 0.4) is 0 Å². The molecule has 18 heavy (non-hydrogen) atoms. The van der Waals surface area contributed by atoms with Gasteiger partial charge in [-0.05, 0) is 43.5 Å². The second-order valence-electron chi connectivity index (χ2n) is 4.81. The fraction of sp³-hybridized carbons (Fsp3) is 0.250. The van der Waals surface area contributed by atoms with E-state index in [-0.39, 0.29) is 5.82 Å². The van der Waals surface area contributed by atoms with Gasteiger partial charge in [-0.15, -0.1) is 0 Å². The Balaban J connectivity index is 2.53. The summed E-state index contributed by atoms with van der Waals surface area (Å²) in [5.74, 6) is -0.246. The van der Waals surface area contributed by atoms with E-state index in [2.05, 4.69) is 19.1 Å². The van der Waals surface area contributed by atoms with Gasteiger partial charge in [0.25, 0.3) is 0 Å². The van der Waals surface area contributed by atoms with Crippen LogP contribution in [-0.2, 0) is 0 Å². The van der Waals surface area contributed by atoms with Crippen molar-refractivity contribution < 1.29 is 4.39 Å². The highest BCUT2D eigenvalue weighted by atomic mass is 19.1. The lowest BCUT2D eigenvalue weighted by molar-refractivity contribution is 0.599. The molecule has 2 aromatic rings. The van der Waals surface area contributed by atoms with E-state index in [0.29, 0.717) is 5.56 Å². The summed E-state index contributed by atoms with van der Waals surface area (Å²) in [5, 5.41) is 0. The highest BCUT2D eigenvalue weighted by molar-refractivity contribution is 5.44. The molecule has 2 aromatic carbocycles. The van der Waals surface area contributed by atoms with E-state index in [1.54, 1.807) is 12.1 Å². The molecule has 1 nitrogen and oxygen atoms in total. The third-order valence-electron chi connectivity index (χ3n) is 3.29. The van der Waals surface area contributed by atoms with E-state index in [0.717, 1.165) is 16.7 Å². The molecule has 0 heterocycles. The zero-order chi connectivity index (χ0) is 13.3. The first-order valence-electron chi connectivity index (χ1n) is 6.08. The van der Waals surface area contributed by atoms with Crippen molar-refractivity contribution in [3.8, 4) is 0 Å². The number of rotatable bonds is 2. The third kappa shape index (κ3) is 2.29. The summed E-state index contributed by atoms with van der Waals surface area (Å²) in [6, 6.07) is 10.5. The topological polar surface area (TPSA) is 26.0 Å². The normalized spacial score (nSPS) is 12.5. The molecule has 2 N–H and O–H groups in total. The molecule has 0 aliphatic heterocycles. The molecular formula is C16H18FN. The molecule has 0 aromatic heterocycles. The molecule has 0 fully saturated rings. The minimum atomic E-state index is -0.410. The van der Waals surface area contributed by atoms with Crippen LogP contribution in [0.25, 0.3) is 0 Å². The van der Waals surface area contributed by atoms with Crippen molar-refractivity contribution in [1.82, 2.24) is 0 Å². The maximum absolute atomic E-state index is 13.8. The van der Waals surface area contributed by atoms with Crippen molar-refractivity contribution in [2.45, 2.75) is 26.8 Å². The van der Waals surface area contributed by atoms with Crippen molar-refractivity contribution in [2.24, 2.45) is 5.73 Å². The van der Waals surface area contributed by atoms with E-state index in [1.165, 1.54) is 11.6 Å². The number of benzene rings is 2. The van der Waals surface area contributed by atoms with Gasteiger partial charge in [0.2, 0.25) is 0 Å². The second kappa shape index (κ2) is 4.91. The summed E-state index contributed by atoms with van der Waals surface area (Å²) in [5.41, 5.74) is 11.2. The molecule has 0 amide bonds. The number of nitrogens with two attached hydrogens (primary N) is 1. The van der Waals surface area contributed by atoms with Gasteiger partial charge in [0.15, 0.2) is 0 Å². The van der Waals surface area contributed by atoms with Crippen LogP contribution < -0.4 is 5.73 Å². The smallest absolute Gasteiger partial charge is 0.128 e. The quantitative estimate of drug-likeness (QED) is 0.853. The van der Waals surface area contributed by atoms with Crippen LogP contribution in [0.4, 0.5) is 4.39 Å². The molecule has 0 spiro atoms. The predicted octanol–water partition coefficient (Wildman–Crippen LogP) is 3.80. The Morgan fingerprint density at radius 2 is 1.56 bits per heavy atom. The van der Waals surface area contributed by atoms with Gasteiger partial charge in [0, 0.05) is 5.56 Å². The van der Waals surface area contributed by atoms with Crippen LogP contribution in [0.5, 0.6) is 0 Å². The van der Waals surface area contributed by atoms with E-state index in [1.807, 2.05) is 19.9 Å². The lowest BCUT2D eigenvalue weighted by Crippen LogP contribution is -2.16. The second-order valence-corrected chi connectivity index (χ2v) is 4.81. The van der Waals surface area contributed by atoms with Gasteiger partial charge in [-0.3, -0.25) is 0 Å². The lowest BCUT2D eigenvalue weighted by Gasteiger charge is -2.19. The summed E-state index contributed by atoms with van der Waals surface area (Å²) in [6.45, 7) is 6.10. The molecule has 0 aliphatic rings. The predicted molar refractivity (Wildman–Crippen MR) is 73.1 cm³/mol. The van der Waals surface area contributed by atoms with E-state index in [9.17, 15) is 4.39 Å². The Morgan fingerprint density at radius 1 is 1.00 bits per heavy atom. The van der Waals surface area contributed by atoms with Gasteiger partial charge < -0.3 is 5.73 Å². The molecule has 1 atom stereocenters. The molecule has 0 saturated carbocycles. The summed E-state index contributed by atoms with van der Waals surface area (Å²) in [6.07, 6.45) is 0. The Kier molecular flexibility index (Phi) is 3.48. The molecule has 0 radical (unpaired) electrons. The molecule has 0 aliphatic carbocycles. The third-order valence-corrected chi connectivity index (χ3v) is 3.29. The fourth-order valence-corrected chi connectivity index (χ4v) is 2.56. The SMILES string of the molecule is Cc1cc(C)c(C(N)c2ccccc2F)c(C)c1. The summed E-state index contributed by atoms with van der Waals surface area (Å²) >= 11 is 0. The van der Waals surface area contributed by atoms with Crippen molar-refractivity contribution in [3.05, 3.63) is 70.0 Å². The van der Waals surface area contributed by atoms with Crippen LogP contribution in [0.1, 0.15) is 33.9 Å². The van der Waals surface area contributed by atoms with Crippen molar-refractivity contribution in [2.75, 3.05) is 0 Å². The zero-order valence-corrected chi connectivity index (χ0v) is 11.0. The van der Waals surface area contributed by atoms with E-state index in [4.69, 9.17) is 5.73 Å². The molecule has 2 rings (SSSR count). The summed E-state index contributed by atoms with van der Waals surface area (Å²) in [7, 11) is 0. The van der Waals surface area contributed by atoms with Gasteiger partial charge in [-0.2, -0.15) is 0 Å². The van der Waals surface area contributed by atoms with Gasteiger partial charge >= 0.3 is 0 Å². The Hall–Kier alpha value is -1.67. The van der Waals surface area contributed by atoms with Crippen LogP contribution >= 0.6 is 0 Å². The number of hydrogen-bond acceptors (Lipinski definition) is 1. The number of hydrogen-bond donors (Lipinski definition) is 1. The van der Waals surface area contributed by atoms with Crippen molar-refractivity contribution >= 4 is 0 Å². The molecular weight excluding hydrogens is 225 g/mol. The minimum absolute atomic E-state index is 0.246. The van der Waals surface area contributed by atoms with Crippen molar-refractivity contribution in [3.63, 3.8) is 0 Å².